The summed E-state index contributed by atoms with van der Waals surface area (Å²) >= 11 is 0. The molecule has 0 spiro atoms. The quantitative estimate of drug-likeness (QED) is 0.751. The molecule has 0 aliphatic carbocycles. The van der Waals surface area contributed by atoms with E-state index in [4.69, 9.17) is 9.84 Å². The van der Waals surface area contributed by atoms with Gasteiger partial charge < -0.3 is 15.2 Å². The fourth-order valence-corrected chi connectivity index (χ4v) is 1.10. The van der Waals surface area contributed by atoms with Crippen LogP contribution >= 0.6 is 0 Å². The van der Waals surface area contributed by atoms with Crippen LogP contribution in [0.25, 0.3) is 0 Å². The normalized spacial score (nSPS) is 12.1. The van der Waals surface area contributed by atoms with Gasteiger partial charge in [-0.1, -0.05) is 0 Å². The van der Waals surface area contributed by atoms with Crippen molar-refractivity contribution >= 4 is 11.9 Å². The first-order chi connectivity index (χ1) is 7.63. The van der Waals surface area contributed by atoms with E-state index in [1.165, 1.54) is 12.3 Å². The highest BCUT2D eigenvalue weighted by molar-refractivity contribution is 5.85. The molecular weight excluding hydrogens is 210 g/mol. The third kappa shape index (κ3) is 3.82. The molecule has 16 heavy (non-hydrogen) atoms. The van der Waals surface area contributed by atoms with Crippen molar-refractivity contribution in [1.82, 2.24) is 9.97 Å². The number of ether oxygens (including phenoxy) is 1. The van der Waals surface area contributed by atoms with Crippen molar-refractivity contribution in [1.29, 1.82) is 0 Å². The molecule has 1 aromatic rings. The van der Waals surface area contributed by atoms with Crippen LogP contribution in [0.5, 0.6) is 0 Å². The molecule has 1 heterocycles. The summed E-state index contributed by atoms with van der Waals surface area (Å²) < 4.78 is 5.21. The number of carboxylic acid groups (broad SMARTS) is 1. The van der Waals surface area contributed by atoms with Gasteiger partial charge in [-0.2, -0.15) is 0 Å². The first-order valence-corrected chi connectivity index (χ1v) is 5.04. The van der Waals surface area contributed by atoms with Gasteiger partial charge in [0.1, 0.15) is 0 Å². The summed E-state index contributed by atoms with van der Waals surface area (Å²) in [6.07, 6.45) is 1.41. The predicted octanol–water partition coefficient (Wildman–Crippen LogP) is 1.01. The number of nitrogens with one attached hydrogen (secondary N) is 1. The average molecular weight is 225 g/mol. The highest BCUT2D eigenvalue weighted by Gasteiger charge is 2.08. The Bertz CT molecular complexity index is 357. The van der Waals surface area contributed by atoms with E-state index in [1.807, 2.05) is 13.8 Å². The zero-order valence-corrected chi connectivity index (χ0v) is 9.30. The predicted molar refractivity (Wildman–Crippen MR) is 58.6 cm³/mol. The molecule has 0 bridgehead atoms. The summed E-state index contributed by atoms with van der Waals surface area (Å²) in [5.74, 6) is -0.769. The Kier molecular flexibility index (Phi) is 4.65. The summed E-state index contributed by atoms with van der Waals surface area (Å²) in [7, 11) is 0. The molecule has 2 N–H and O–H groups in total. The van der Waals surface area contributed by atoms with Gasteiger partial charge in [-0.3, -0.25) is 0 Å². The van der Waals surface area contributed by atoms with E-state index >= 15 is 0 Å². The summed E-state index contributed by atoms with van der Waals surface area (Å²) in [6.45, 7) is 4.99. The van der Waals surface area contributed by atoms with E-state index in [0.717, 1.165) is 0 Å². The maximum atomic E-state index is 10.7. The molecule has 0 aliphatic heterocycles. The van der Waals surface area contributed by atoms with Gasteiger partial charge in [0.15, 0.2) is 5.69 Å². The third-order valence-corrected chi connectivity index (χ3v) is 1.82. The number of nitrogens with zero attached hydrogens (tertiary/aromatic N) is 2. The van der Waals surface area contributed by atoms with Crippen molar-refractivity contribution in [2.75, 3.05) is 18.5 Å². The molecule has 0 aliphatic rings. The fourth-order valence-electron chi connectivity index (χ4n) is 1.10. The number of carboxylic acids is 1. The smallest absolute Gasteiger partial charge is 0.354 e. The number of aromatic nitrogens is 2. The summed E-state index contributed by atoms with van der Waals surface area (Å²) in [5.41, 5.74) is -0.0268. The molecule has 0 fully saturated rings. The van der Waals surface area contributed by atoms with Gasteiger partial charge in [0, 0.05) is 18.8 Å². The molecular formula is C10H15N3O3. The Morgan fingerprint density at radius 3 is 3.06 bits per heavy atom. The second-order valence-corrected chi connectivity index (χ2v) is 3.28. The van der Waals surface area contributed by atoms with Crippen LogP contribution < -0.4 is 5.32 Å². The molecule has 0 saturated heterocycles. The lowest BCUT2D eigenvalue weighted by molar-refractivity contribution is 0.0690. The first kappa shape index (κ1) is 12.4. The van der Waals surface area contributed by atoms with Crippen LogP contribution in [0.3, 0.4) is 0 Å². The topological polar surface area (TPSA) is 84.3 Å². The van der Waals surface area contributed by atoms with Gasteiger partial charge in [-0.15, -0.1) is 0 Å². The van der Waals surface area contributed by atoms with Crippen molar-refractivity contribution < 1.29 is 14.6 Å². The highest BCUT2D eigenvalue weighted by Crippen LogP contribution is 2.02. The molecule has 0 unspecified atom stereocenters. The van der Waals surface area contributed by atoms with E-state index in [0.29, 0.717) is 19.2 Å². The van der Waals surface area contributed by atoms with Gasteiger partial charge in [0.25, 0.3) is 0 Å². The largest absolute Gasteiger partial charge is 0.477 e. The maximum absolute atomic E-state index is 10.7. The van der Waals surface area contributed by atoms with Crippen LogP contribution in [0.2, 0.25) is 0 Å². The zero-order valence-electron chi connectivity index (χ0n) is 9.30. The van der Waals surface area contributed by atoms with Gasteiger partial charge in [0.2, 0.25) is 5.95 Å². The standard InChI is InChI=1S/C10H15N3O3/c1-3-16-6-7(2)12-10-11-5-4-8(13-10)9(14)15/h4-5,7H,3,6H2,1-2H3,(H,14,15)(H,11,12,13)/t7-/m0/s1. The zero-order chi connectivity index (χ0) is 12.0. The number of aromatic carboxylic acids is 1. The van der Waals surface area contributed by atoms with Crippen molar-refractivity contribution in [2.24, 2.45) is 0 Å². The lowest BCUT2D eigenvalue weighted by Gasteiger charge is -2.13. The Labute approximate surface area is 93.7 Å². The molecule has 0 radical (unpaired) electrons. The molecule has 88 valence electrons. The van der Waals surface area contributed by atoms with E-state index in [-0.39, 0.29) is 11.7 Å². The number of carbonyl (C=O) groups is 1. The summed E-state index contributed by atoms with van der Waals surface area (Å²) in [4.78, 5) is 18.4. The number of hydrogen-bond acceptors (Lipinski definition) is 5. The molecule has 1 aromatic heterocycles. The van der Waals surface area contributed by atoms with Crippen LogP contribution in [-0.4, -0.2) is 40.3 Å². The number of anilines is 1. The Morgan fingerprint density at radius 1 is 1.69 bits per heavy atom. The lowest BCUT2D eigenvalue weighted by atomic mass is 10.3. The molecule has 1 rings (SSSR count). The van der Waals surface area contributed by atoms with E-state index in [1.54, 1.807) is 0 Å². The maximum Gasteiger partial charge on any atom is 0.354 e. The Hall–Kier alpha value is -1.69. The number of hydrogen-bond donors (Lipinski definition) is 2. The molecule has 0 amide bonds. The van der Waals surface area contributed by atoms with E-state index in [2.05, 4.69) is 15.3 Å². The monoisotopic (exact) mass is 225 g/mol. The number of rotatable bonds is 6. The summed E-state index contributed by atoms with van der Waals surface area (Å²) in [5, 5.41) is 11.7. The Balaban J connectivity index is 2.59. The van der Waals surface area contributed by atoms with Crippen LogP contribution in [0, 0.1) is 0 Å². The SMILES string of the molecule is CCOC[C@H](C)Nc1nccc(C(=O)O)n1. The minimum atomic E-state index is -1.07. The van der Waals surface area contributed by atoms with Crippen molar-refractivity contribution in [3.8, 4) is 0 Å². The minimum absolute atomic E-state index is 0.0268. The molecule has 1 atom stereocenters. The molecule has 0 aromatic carbocycles. The second-order valence-electron chi connectivity index (χ2n) is 3.28. The lowest BCUT2D eigenvalue weighted by Crippen LogP contribution is -2.23. The van der Waals surface area contributed by atoms with Gasteiger partial charge in [-0.25, -0.2) is 14.8 Å². The van der Waals surface area contributed by atoms with Crippen LogP contribution in [0.4, 0.5) is 5.95 Å². The van der Waals surface area contributed by atoms with Crippen molar-refractivity contribution in [3.63, 3.8) is 0 Å². The minimum Gasteiger partial charge on any atom is -0.477 e. The van der Waals surface area contributed by atoms with Gasteiger partial charge in [-0.05, 0) is 19.9 Å². The van der Waals surface area contributed by atoms with Crippen LogP contribution in [-0.2, 0) is 4.74 Å². The van der Waals surface area contributed by atoms with E-state index < -0.39 is 5.97 Å². The van der Waals surface area contributed by atoms with Crippen molar-refractivity contribution in [2.45, 2.75) is 19.9 Å². The Morgan fingerprint density at radius 2 is 2.44 bits per heavy atom. The molecule has 6 heteroatoms. The van der Waals surface area contributed by atoms with E-state index in [9.17, 15) is 4.79 Å². The van der Waals surface area contributed by atoms with Crippen LogP contribution in [0.15, 0.2) is 12.3 Å². The van der Waals surface area contributed by atoms with Crippen molar-refractivity contribution in [3.05, 3.63) is 18.0 Å². The molecule has 6 nitrogen and oxygen atoms in total. The fraction of sp³-hybridized carbons (Fsp3) is 0.500. The van der Waals surface area contributed by atoms with Gasteiger partial charge in [0.05, 0.1) is 6.61 Å². The molecule has 0 saturated carbocycles. The van der Waals surface area contributed by atoms with Crippen LogP contribution in [0.1, 0.15) is 24.3 Å². The van der Waals surface area contributed by atoms with Gasteiger partial charge >= 0.3 is 5.97 Å². The second kappa shape index (κ2) is 6.02. The average Bonchev–Trinajstić information content (AvgIpc) is 2.26. The summed E-state index contributed by atoms with van der Waals surface area (Å²) in [6, 6.07) is 1.38. The highest BCUT2D eigenvalue weighted by atomic mass is 16.5. The third-order valence-electron chi connectivity index (χ3n) is 1.82. The first-order valence-electron chi connectivity index (χ1n) is 5.04.